The van der Waals surface area contributed by atoms with Crippen molar-refractivity contribution < 1.29 is 0 Å². The van der Waals surface area contributed by atoms with Crippen molar-refractivity contribution in [2.75, 3.05) is 0 Å². The van der Waals surface area contributed by atoms with Crippen LogP contribution >= 0.6 is 15.9 Å². The minimum atomic E-state index is 0.165. The number of hydrogen-bond donors (Lipinski definition) is 1. The zero-order valence-electron chi connectivity index (χ0n) is 11.6. The molecule has 0 saturated heterocycles. The van der Waals surface area contributed by atoms with E-state index in [4.69, 9.17) is 5.73 Å². The summed E-state index contributed by atoms with van der Waals surface area (Å²) in [5.74, 6) is 4.55. The maximum Gasteiger partial charge on any atom is 0.0699 e. The average molecular weight is 324 g/mol. The van der Waals surface area contributed by atoms with E-state index in [1.54, 1.807) is 0 Å². The van der Waals surface area contributed by atoms with E-state index < -0.39 is 0 Å². The summed E-state index contributed by atoms with van der Waals surface area (Å²) in [4.78, 5) is 0. The first kappa shape index (κ1) is 12.4. The Morgan fingerprint density at radius 3 is 2.53 bits per heavy atom. The highest BCUT2D eigenvalue weighted by Gasteiger charge is 2.66. The Morgan fingerprint density at radius 1 is 1.32 bits per heavy atom. The van der Waals surface area contributed by atoms with E-state index in [0.29, 0.717) is 6.04 Å². The molecule has 3 saturated carbocycles. The van der Waals surface area contributed by atoms with Crippen molar-refractivity contribution in [2.45, 2.75) is 45.2 Å². The van der Waals surface area contributed by atoms with E-state index in [1.165, 1.54) is 25.0 Å². The molecule has 2 N–H and O–H groups in total. The number of fused-ring (bicyclic) bond motifs is 5. The first-order valence-corrected chi connectivity index (χ1v) is 8.37. The molecule has 4 rings (SSSR count). The highest BCUT2D eigenvalue weighted by Crippen LogP contribution is 2.72. The summed E-state index contributed by atoms with van der Waals surface area (Å²) in [6.07, 6.45) is 6.31. The monoisotopic (exact) mass is 323 g/mol. The van der Waals surface area contributed by atoms with E-state index in [9.17, 15) is 0 Å². The Kier molecular flexibility index (Phi) is 2.66. The second kappa shape index (κ2) is 4.08. The molecule has 1 aromatic heterocycles. The lowest BCUT2D eigenvalue weighted by molar-refractivity contribution is 0.391. The maximum absolute atomic E-state index is 6.64. The van der Waals surface area contributed by atoms with Gasteiger partial charge in [0.2, 0.25) is 0 Å². The molecule has 3 nitrogen and oxygen atoms in total. The van der Waals surface area contributed by atoms with Gasteiger partial charge >= 0.3 is 0 Å². The molecule has 0 amide bonds. The summed E-state index contributed by atoms with van der Waals surface area (Å²) in [7, 11) is 0. The van der Waals surface area contributed by atoms with Crippen LogP contribution in [0.3, 0.4) is 0 Å². The first-order chi connectivity index (χ1) is 9.09. The van der Waals surface area contributed by atoms with Gasteiger partial charge in [-0.1, -0.05) is 0 Å². The quantitative estimate of drug-likeness (QED) is 0.924. The highest BCUT2D eigenvalue weighted by atomic mass is 79.9. The Hall–Kier alpha value is -0.350. The Morgan fingerprint density at radius 2 is 1.95 bits per heavy atom. The zero-order chi connectivity index (χ0) is 13.3. The number of nitrogens with zero attached hydrogens (tertiary/aromatic N) is 2. The van der Waals surface area contributed by atoms with Crippen LogP contribution in [0, 0.1) is 29.6 Å². The lowest BCUT2D eigenvalue weighted by Gasteiger charge is -2.20. The molecular formula is C15H22BrN3. The fourth-order valence-corrected chi connectivity index (χ4v) is 5.67. The molecule has 0 aromatic carbocycles. The van der Waals surface area contributed by atoms with Crippen LogP contribution in [0.5, 0.6) is 0 Å². The molecule has 0 spiro atoms. The zero-order valence-corrected chi connectivity index (χ0v) is 13.2. The second-order valence-corrected chi connectivity index (χ2v) is 7.86. The van der Waals surface area contributed by atoms with Gasteiger partial charge in [0.05, 0.1) is 22.4 Å². The molecule has 1 aromatic rings. The number of halogens is 1. The Bertz CT molecular complexity index is 493. The number of hydrogen-bond acceptors (Lipinski definition) is 2. The van der Waals surface area contributed by atoms with Gasteiger partial charge in [-0.15, -0.1) is 0 Å². The predicted octanol–water partition coefficient (Wildman–Crippen LogP) is 3.52. The van der Waals surface area contributed by atoms with Gasteiger partial charge < -0.3 is 5.73 Å². The van der Waals surface area contributed by atoms with Crippen LogP contribution in [0.1, 0.15) is 50.9 Å². The third kappa shape index (κ3) is 1.62. The van der Waals surface area contributed by atoms with Gasteiger partial charge in [0.1, 0.15) is 0 Å². The van der Waals surface area contributed by atoms with Crippen LogP contribution in [0.4, 0.5) is 0 Å². The lowest BCUT2D eigenvalue weighted by Crippen LogP contribution is -2.22. The standard InChI is InChI=1S/C15H22BrN3/c1-7(2)19-15(10(16)6-18-19)14(17)13-11-8-3-4-9(5-8)12(11)13/h6-9,11-14H,3-5,17H2,1-2H3. The molecule has 19 heavy (non-hydrogen) atoms. The molecule has 0 aliphatic heterocycles. The highest BCUT2D eigenvalue weighted by molar-refractivity contribution is 9.10. The molecule has 5 unspecified atom stereocenters. The molecule has 3 aliphatic rings. The van der Waals surface area contributed by atoms with Crippen LogP contribution < -0.4 is 5.73 Å². The number of rotatable bonds is 3. The molecule has 1 heterocycles. The smallest absolute Gasteiger partial charge is 0.0699 e. The van der Waals surface area contributed by atoms with E-state index in [-0.39, 0.29) is 6.04 Å². The number of aromatic nitrogens is 2. The molecule has 0 radical (unpaired) electrons. The molecule has 104 valence electrons. The number of nitrogens with two attached hydrogens (primary N) is 1. The van der Waals surface area contributed by atoms with Crippen molar-refractivity contribution in [3.63, 3.8) is 0 Å². The molecule has 4 heteroatoms. The third-order valence-corrected chi connectivity index (χ3v) is 6.41. The molecular weight excluding hydrogens is 302 g/mol. The molecule has 5 atom stereocenters. The van der Waals surface area contributed by atoms with Crippen molar-refractivity contribution in [1.82, 2.24) is 9.78 Å². The molecule has 2 bridgehead atoms. The molecule has 3 fully saturated rings. The Balaban J connectivity index is 1.62. The summed E-state index contributed by atoms with van der Waals surface area (Å²) in [6, 6.07) is 0.542. The summed E-state index contributed by atoms with van der Waals surface area (Å²) >= 11 is 3.64. The fraction of sp³-hybridized carbons (Fsp3) is 0.800. The van der Waals surface area contributed by atoms with Crippen LogP contribution in [0.15, 0.2) is 10.7 Å². The first-order valence-electron chi connectivity index (χ1n) is 7.58. The molecule has 3 aliphatic carbocycles. The second-order valence-electron chi connectivity index (χ2n) is 7.01. The summed E-state index contributed by atoms with van der Waals surface area (Å²) < 4.78 is 3.19. The maximum atomic E-state index is 6.64. The van der Waals surface area contributed by atoms with Gasteiger partial charge in [-0.25, -0.2) is 0 Å². The van der Waals surface area contributed by atoms with E-state index in [0.717, 1.165) is 34.1 Å². The normalized spacial score (nSPS) is 40.8. The largest absolute Gasteiger partial charge is 0.322 e. The third-order valence-electron chi connectivity index (χ3n) is 5.80. The van der Waals surface area contributed by atoms with Crippen molar-refractivity contribution in [3.05, 3.63) is 16.4 Å². The summed E-state index contributed by atoms with van der Waals surface area (Å²) in [5, 5.41) is 4.48. The van der Waals surface area contributed by atoms with Gasteiger partial charge in [-0.2, -0.15) is 5.10 Å². The summed E-state index contributed by atoms with van der Waals surface area (Å²) in [5.41, 5.74) is 7.85. The average Bonchev–Trinajstić information content (AvgIpc) is 2.72. The van der Waals surface area contributed by atoms with E-state index in [2.05, 4.69) is 39.6 Å². The van der Waals surface area contributed by atoms with Crippen LogP contribution in [0.2, 0.25) is 0 Å². The predicted molar refractivity (Wildman–Crippen MR) is 78.5 cm³/mol. The topological polar surface area (TPSA) is 43.8 Å². The van der Waals surface area contributed by atoms with Gasteiger partial charge in [-0.05, 0) is 78.6 Å². The van der Waals surface area contributed by atoms with E-state index >= 15 is 0 Å². The minimum absolute atomic E-state index is 0.165. The van der Waals surface area contributed by atoms with Gasteiger partial charge in [-0.3, -0.25) is 4.68 Å². The van der Waals surface area contributed by atoms with Crippen LogP contribution in [-0.4, -0.2) is 9.78 Å². The van der Waals surface area contributed by atoms with E-state index in [1.807, 2.05) is 6.20 Å². The minimum Gasteiger partial charge on any atom is -0.322 e. The van der Waals surface area contributed by atoms with Crippen LogP contribution in [0.25, 0.3) is 0 Å². The van der Waals surface area contributed by atoms with Crippen molar-refractivity contribution in [3.8, 4) is 0 Å². The van der Waals surface area contributed by atoms with Crippen molar-refractivity contribution in [2.24, 2.45) is 35.3 Å². The SMILES string of the molecule is CC(C)n1ncc(Br)c1C(N)C1C2C3CCC(C3)C21. The Labute approximate surface area is 123 Å². The van der Waals surface area contributed by atoms with Gasteiger partial charge in [0.25, 0.3) is 0 Å². The fourth-order valence-electron chi connectivity index (χ4n) is 5.13. The van der Waals surface area contributed by atoms with Crippen LogP contribution in [-0.2, 0) is 0 Å². The lowest BCUT2D eigenvalue weighted by atomic mass is 9.96. The van der Waals surface area contributed by atoms with Crippen molar-refractivity contribution in [1.29, 1.82) is 0 Å². The van der Waals surface area contributed by atoms with Gasteiger partial charge in [0, 0.05) is 6.04 Å². The summed E-state index contributed by atoms with van der Waals surface area (Å²) in [6.45, 7) is 4.35. The van der Waals surface area contributed by atoms with Gasteiger partial charge in [0.15, 0.2) is 0 Å². The van der Waals surface area contributed by atoms with Crippen molar-refractivity contribution >= 4 is 15.9 Å².